The molecule has 1 N–H and O–H groups in total. The first kappa shape index (κ1) is 19.6. The molecule has 30 heavy (non-hydrogen) atoms. The number of ether oxygens (including phenoxy) is 1. The first-order valence-corrected chi connectivity index (χ1v) is 10.0. The van der Waals surface area contributed by atoms with Gasteiger partial charge in [0.15, 0.2) is 0 Å². The highest BCUT2D eigenvalue weighted by Crippen LogP contribution is 2.17. The van der Waals surface area contributed by atoms with Gasteiger partial charge in [0, 0.05) is 30.9 Å². The lowest BCUT2D eigenvalue weighted by molar-refractivity contribution is 0.0953. The summed E-state index contributed by atoms with van der Waals surface area (Å²) in [5, 5.41) is 2.96. The quantitative estimate of drug-likeness (QED) is 0.489. The fraction of sp³-hybridized carbons (Fsp3) is 0.208. The Balaban J connectivity index is 1.43. The van der Waals surface area contributed by atoms with Crippen LogP contribution in [0.5, 0.6) is 5.75 Å². The van der Waals surface area contributed by atoms with Gasteiger partial charge < -0.3 is 14.6 Å². The van der Waals surface area contributed by atoms with Crippen molar-refractivity contribution in [1.82, 2.24) is 19.9 Å². The molecule has 0 radical (unpaired) electrons. The van der Waals surface area contributed by atoms with Crippen LogP contribution in [-0.4, -0.2) is 33.6 Å². The Labute approximate surface area is 175 Å². The molecule has 2 aromatic carbocycles. The number of nitrogens with zero attached hydrogens (tertiary/aromatic N) is 3. The molecule has 0 spiro atoms. The minimum Gasteiger partial charge on any atom is -0.492 e. The van der Waals surface area contributed by atoms with Gasteiger partial charge in [0.05, 0.1) is 17.6 Å². The van der Waals surface area contributed by atoms with Gasteiger partial charge >= 0.3 is 0 Å². The number of carbonyl (C=O) groups excluding carboxylic acids is 1. The predicted octanol–water partition coefficient (Wildman–Crippen LogP) is 3.79. The lowest BCUT2D eigenvalue weighted by Crippen LogP contribution is -2.26. The van der Waals surface area contributed by atoms with Gasteiger partial charge in [-0.15, -0.1) is 0 Å². The van der Waals surface area contributed by atoms with Crippen LogP contribution in [-0.2, 0) is 13.0 Å². The average Bonchev–Trinajstić information content (AvgIpc) is 3.12. The van der Waals surface area contributed by atoms with E-state index in [0.29, 0.717) is 31.7 Å². The summed E-state index contributed by atoms with van der Waals surface area (Å²) in [4.78, 5) is 21.0. The molecule has 152 valence electrons. The lowest BCUT2D eigenvalue weighted by Gasteiger charge is -2.12. The third-order valence-electron chi connectivity index (χ3n) is 4.88. The number of rotatable bonds is 8. The van der Waals surface area contributed by atoms with Gasteiger partial charge in [-0.25, -0.2) is 4.98 Å². The van der Waals surface area contributed by atoms with Crippen molar-refractivity contribution in [3.05, 3.63) is 90.0 Å². The SMILES string of the molecule is Cc1cccc(OCCn2c(CCNC(=O)c3ccncc3)nc3ccccc32)c1. The van der Waals surface area contributed by atoms with E-state index in [1.807, 2.05) is 36.4 Å². The number of hydrogen-bond donors (Lipinski definition) is 1. The summed E-state index contributed by atoms with van der Waals surface area (Å²) in [6.07, 6.45) is 3.86. The number of aromatic nitrogens is 3. The molecule has 0 atom stereocenters. The summed E-state index contributed by atoms with van der Waals surface area (Å²) in [6.45, 7) is 3.78. The molecule has 0 unspecified atom stereocenters. The van der Waals surface area contributed by atoms with Gasteiger partial charge in [0.1, 0.15) is 18.2 Å². The maximum Gasteiger partial charge on any atom is 0.251 e. The Morgan fingerprint density at radius 1 is 1.07 bits per heavy atom. The van der Waals surface area contributed by atoms with Crippen LogP contribution in [0.2, 0.25) is 0 Å². The molecule has 1 amide bonds. The second kappa shape index (κ2) is 9.22. The van der Waals surface area contributed by atoms with Gasteiger partial charge in [0.2, 0.25) is 0 Å². The fourth-order valence-electron chi connectivity index (χ4n) is 3.42. The molecule has 0 fully saturated rings. The van der Waals surface area contributed by atoms with Gasteiger partial charge in [-0.3, -0.25) is 9.78 Å². The van der Waals surface area contributed by atoms with Crippen LogP contribution >= 0.6 is 0 Å². The second-order valence-electron chi connectivity index (χ2n) is 7.08. The van der Waals surface area contributed by atoms with Crippen molar-refractivity contribution in [2.24, 2.45) is 0 Å². The first-order valence-electron chi connectivity index (χ1n) is 10.0. The molecule has 4 aromatic rings. The highest BCUT2D eigenvalue weighted by molar-refractivity contribution is 5.93. The molecule has 0 aliphatic carbocycles. The maximum atomic E-state index is 12.3. The summed E-state index contributed by atoms with van der Waals surface area (Å²) in [5.74, 6) is 1.69. The van der Waals surface area contributed by atoms with Crippen LogP contribution in [0, 0.1) is 6.92 Å². The number of pyridine rings is 1. The maximum absolute atomic E-state index is 12.3. The Kier molecular flexibility index (Phi) is 6.03. The van der Waals surface area contributed by atoms with Crippen molar-refractivity contribution in [3.63, 3.8) is 0 Å². The molecule has 0 bridgehead atoms. The van der Waals surface area contributed by atoms with Crippen molar-refractivity contribution in [2.45, 2.75) is 19.9 Å². The van der Waals surface area contributed by atoms with Crippen molar-refractivity contribution < 1.29 is 9.53 Å². The number of aryl methyl sites for hydroxylation is 1. The van der Waals surface area contributed by atoms with Crippen LogP contribution in [0.3, 0.4) is 0 Å². The number of fused-ring (bicyclic) bond motifs is 1. The van der Waals surface area contributed by atoms with E-state index in [2.05, 4.69) is 33.9 Å². The van der Waals surface area contributed by atoms with Crippen LogP contribution in [0.15, 0.2) is 73.1 Å². The number of imidazole rings is 1. The van der Waals surface area contributed by atoms with Gasteiger partial charge in [-0.05, 0) is 48.9 Å². The predicted molar refractivity (Wildman–Crippen MR) is 117 cm³/mol. The van der Waals surface area contributed by atoms with E-state index in [9.17, 15) is 4.79 Å². The monoisotopic (exact) mass is 400 g/mol. The van der Waals surface area contributed by atoms with E-state index in [1.165, 1.54) is 5.56 Å². The minimum absolute atomic E-state index is 0.108. The minimum atomic E-state index is -0.108. The number of benzene rings is 2. The molecule has 6 nitrogen and oxygen atoms in total. The van der Waals surface area contributed by atoms with E-state index < -0.39 is 0 Å². The van der Waals surface area contributed by atoms with Gasteiger partial charge in [0.25, 0.3) is 5.91 Å². The highest BCUT2D eigenvalue weighted by atomic mass is 16.5. The van der Waals surface area contributed by atoms with Crippen LogP contribution in [0.25, 0.3) is 11.0 Å². The van der Waals surface area contributed by atoms with Crippen LogP contribution < -0.4 is 10.1 Å². The van der Waals surface area contributed by atoms with E-state index in [0.717, 1.165) is 22.6 Å². The van der Waals surface area contributed by atoms with Gasteiger partial charge in [-0.2, -0.15) is 0 Å². The van der Waals surface area contributed by atoms with Crippen LogP contribution in [0.1, 0.15) is 21.7 Å². The summed E-state index contributed by atoms with van der Waals surface area (Å²) in [6, 6.07) is 19.5. The van der Waals surface area contributed by atoms with Crippen molar-refractivity contribution in [1.29, 1.82) is 0 Å². The van der Waals surface area contributed by atoms with E-state index in [1.54, 1.807) is 24.5 Å². The van der Waals surface area contributed by atoms with E-state index >= 15 is 0 Å². The molecule has 2 heterocycles. The van der Waals surface area contributed by atoms with Crippen molar-refractivity contribution in [3.8, 4) is 5.75 Å². The van der Waals surface area contributed by atoms with Crippen molar-refractivity contribution in [2.75, 3.05) is 13.2 Å². The van der Waals surface area contributed by atoms with E-state index in [4.69, 9.17) is 9.72 Å². The number of carbonyl (C=O) groups is 1. The smallest absolute Gasteiger partial charge is 0.251 e. The Morgan fingerprint density at radius 2 is 1.90 bits per heavy atom. The van der Waals surface area contributed by atoms with Crippen molar-refractivity contribution >= 4 is 16.9 Å². The molecule has 4 rings (SSSR count). The third-order valence-corrected chi connectivity index (χ3v) is 4.88. The molecule has 0 saturated carbocycles. The third kappa shape index (κ3) is 4.66. The molecule has 2 aromatic heterocycles. The van der Waals surface area contributed by atoms with Crippen LogP contribution in [0.4, 0.5) is 0 Å². The summed E-state index contributed by atoms with van der Waals surface area (Å²) < 4.78 is 8.11. The Bertz CT molecular complexity index is 1140. The molecular formula is C24H24N4O2. The zero-order valence-corrected chi connectivity index (χ0v) is 16.9. The normalized spacial score (nSPS) is 10.8. The molecule has 0 aliphatic heterocycles. The Morgan fingerprint density at radius 3 is 2.73 bits per heavy atom. The molecule has 0 saturated heterocycles. The number of nitrogens with one attached hydrogen (secondary N) is 1. The zero-order valence-electron chi connectivity index (χ0n) is 16.9. The lowest BCUT2D eigenvalue weighted by atomic mass is 10.2. The molecule has 0 aliphatic rings. The Hall–Kier alpha value is -3.67. The number of amides is 1. The number of para-hydroxylation sites is 2. The van der Waals surface area contributed by atoms with E-state index in [-0.39, 0.29) is 5.91 Å². The summed E-state index contributed by atoms with van der Waals surface area (Å²) in [5.41, 5.74) is 3.79. The second-order valence-corrected chi connectivity index (χ2v) is 7.08. The average molecular weight is 400 g/mol. The van der Waals surface area contributed by atoms with Gasteiger partial charge in [-0.1, -0.05) is 24.3 Å². The first-order chi connectivity index (χ1) is 14.7. The molecule has 6 heteroatoms. The number of hydrogen-bond acceptors (Lipinski definition) is 4. The topological polar surface area (TPSA) is 69.0 Å². The molecular weight excluding hydrogens is 376 g/mol. The standard InChI is InChI=1S/C24H24N4O2/c1-18-5-4-6-20(17-18)30-16-15-28-22-8-3-2-7-21(22)27-23(28)11-14-26-24(29)19-9-12-25-13-10-19/h2-10,12-13,17H,11,14-16H2,1H3,(H,26,29). The fourth-order valence-corrected chi connectivity index (χ4v) is 3.42. The highest BCUT2D eigenvalue weighted by Gasteiger charge is 2.11. The summed E-state index contributed by atoms with van der Waals surface area (Å²) in [7, 11) is 0. The summed E-state index contributed by atoms with van der Waals surface area (Å²) >= 11 is 0. The largest absolute Gasteiger partial charge is 0.492 e. The zero-order chi connectivity index (χ0) is 20.8.